The molecule has 5 rings (SSSR count). The number of amides is 5. The van der Waals surface area contributed by atoms with Gasteiger partial charge in [-0.1, -0.05) is 79.2 Å². The van der Waals surface area contributed by atoms with Gasteiger partial charge in [0.1, 0.15) is 12.1 Å². The van der Waals surface area contributed by atoms with Crippen molar-refractivity contribution >= 4 is 42.2 Å². The summed E-state index contributed by atoms with van der Waals surface area (Å²) in [6, 6.07) is 24.8. The molecule has 0 radical (unpaired) electrons. The minimum Gasteiger partial charge on any atom is -0.355 e. The van der Waals surface area contributed by atoms with E-state index in [1.807, 2.05) is 67.6 Å². The highest BCUT2D eigenvalue weighted by molar-refractivity contribution is 7.81. The molecule has 3 aromatic rings. The molecule has 2 aliphatic heterocycles. The lowest BCUT2D eigenvalue weighted by Crippen LogP contribution is -2.56. The van der Waals surface area contributed by atoms with Gasteiger partial charge in [0.2, 0.25) is 17.7 Å². The SMILES string of the molecule is CCNC(=O)C(Cc1ccccc1)N1CCC(c2ccccc2)CC(NC(=O)C(S)CCCCN2C(=O)c3ccccc3C2=O)C1=O. The average molecular weight is 655 g/mol. The van der Waals surface area contributed by atoms with Crippen molar-refractivity contribution in [3.8, 4) is 0 Å². The summed E-state index contributed by atoms with van der Waals surface area (Å²) in [5.74, 6) is -1.46. The normalized spacial score (nSPS) is 19.1. The first kappa shape index (κ1) is 33.9. The third kappa shape index (κ3) is 8.11. The number of hydrogen-bond acceptors (Lipinski definition) is 6. The first-order chi connectivity index (χ1) is 22.8. The quantitative estimate of drug-likeness (QED) is 0.144. The van der Waals surface area contributed by atoms with Crippen molar-refractivity contribution in [1.82, 2.24) is 20.4 Å². The summed E-state index contributed by atoms with van der Waals surface area (Å²) in [7, 11) is 0. The first-order valence-corrected chi connectivity index (χ1v) is 16.9. The zero-order valence-corrected chi connectivity index (χ0v) is 27.5. The van der Waals surface area contributed by atoms with E-state index in [1.165, 1.54) is 4.90 Å². The molecule has 1 fully saturated rings. The van der Waals surface area contributed by atoms with E-state index < -0.39 is 17.3 Å². The van der Waals surface area contributed by atoms with Crippen LogP contribution in [0, 0.1) is 0 Å². The second-order valence-corrected chi connectivity index (χ2v) is 12.8. The maximum Gasteiger partial charge on any atom is 0.261 e. The van der Waals surface area contributed by atoms with E-state index in [0.29, 0.717) is 62.7 Å². The van der Waals surface area contributed by atoms with Crippen LogP contribution >= 0.6 is 12.6 Å². The molecule has 2 heterocycles. The molecule has 0 spiro atoms. The molecule has 1 saturated heterocycles. The predicted molar refractivity (Wildman–Crippen MR) is 183 cm³/mol. The van der Waals surface area contributed by atoms with Gasteiger partial charge in [0.25, 0.3) is 11.8 Å². The summed E-state index contributed by atoms with van der Waals surface area (Å²) in [6.07, 6.45) is 2.89. The summed E-state index contributed by atoms with van der Waals surface area (Å²) >= 11 is 4.57. The summed E-state index contributed by atoms with van der Waals surface area (Å²) in [5.41, 5.74) is 2.85. The molecule has 2 aliphatic rings. The van der Waals surface area contributed by atoms with Crippen molar-refractivity contribution in [2.24, 2.45) is 0 Å². The molecule has 2 N–H and O–H groups in total. The second-order valence-electron chi connectivity index (χ2n) is 12.1. The molecule has 4 unspecified atom stereocenters. The topological polar surface area (TPSA) is 116 Å². The fourth-order valence-corrected chi connectivity index (χ4v) is 6.75. The number of hydrogen-bond donors (Lipinski definition) is 3. The van der Waals surface area contributed by atoms with E-state index >= 15 is 0 Å². The molecule has 246 valence electrons. The van der Waals surface area contributed by atoms with Gasteiger partial charge in [-0.25, -0.2) is 0 Å². The van der Waals surface area contributed by atoms with E-state index in [0.717, 1.165) is 11.1 Å². The van der Waals surface area contributed by atoms with Crippen LogP contribution in [0.25, 0.3) is 0 Å². The van der Waals surface area contributed by atoms with Crippen LogP contribution in [0.4, 0.5) is 0 Å². The number of thiol groups is 1. The minimum absolute atomic E-state index is 0.0000806. The summed E-state index contributed by atoms with van der Waals surface area (Å²) in [5, 5.41) is 5.19. The highest BCUT2D eigenvalue weighted by Gasteiger charge is 2.39. The van der Waals surface area contributed by atoms with Gasteiger partial charge in [0.15, 0.2) is 0 Å². The molecular weight excluding hydrogens is 612 g/mol. The summed E-state index contributed by atoms with van der Waals surface area (Å²) in [6.45, 7) is 2.92. The summed E-state index contributed by atoms with van der Waals surface area (Å²) < 4.78 is 0. The van der Waals surface area contributed by atoms with Gasteiger partial charge in [-0.2, -0.15) is 12.6 Å². The average Bonchev–Trinajstić information content (AvgIpc) is 3.22. The smallest absolute Gasteiger partial charge is 0.261 e. The van der Waals surface area contributed by atoms with E-state index in [2.05, 4.69) is 23.3 Å². The fourth-order valence-electron chi connectivity index (χ4n) is 6.49. The zero-order chi connectivity index (χ0) is 33.3. The monoisotopic (exact) mass is 654 g/mol. The molecule has 0 bridgehead atoms. The number of benzene rings is 3. The summed E-state index contributed by atoms with van der Waals surface area (Å²) in [4.78, 5) is 69.3. The van der Waals surface area contributed by atoms with Crippen molar-refractivity contribution in [2.45, 2.75) is 68.7 Å². The largest absolute Gasteiger partial charge is 0.355 e. The number of likely N-dealkylation sites (tertiary alicyclic amines) is 1. The van der Waals surface area contributed by atoms with Crippen molar-refractivity contribution in [3.63, 3.8) is 0 Å². The Morgan fingerprint density at radius 2 is 1.47 bits per heavy atom. The van der Waals surface area contributed by atoms with Gasteiger partial charge in [0.05, 0.1) is 16.4 Å². The van der Waals surface area contributed by atoms with Crippen LogP contribution in [-0.4, -0.2) is 76.3 Å². The number of nitrogens with one attached hydrogen (secondary N) is 2. The van der Waals surface area contributed by atoms with Crippen LogP contribution < -0.4 is 10.6 Å². The van der Waals surface area contributed by atoms with Crippen LogP contribution in [0.1, 0.15) is 76.8 Å². The maximum absolute atomic E-state index is 14.2. The molecule has 0 aromatic heterocycles. The van der Waals surface area contributed by atoms with Gasteiger partial charge in [-0.05, 0) is 61.8 Å². The fraction of sp³-hybridized carbons (Fsp3) is 0.378. The number of imide groups is 1. The van der Waals surface area contributed by atoms with E-state index in [9.17, 15) is 24.0 Å². The number of carbonyl (C=O) groups is 5. The number of fused-ring (bicyclic) bond motifs is 1. The Labute approximate surface area is 281 Å². The van der Waals surface area contributed by atoms with Gasteiger partial charge in [-0.3, -0.25) is 28.9 Å². The first-order valence-electron chi connectivity index (χ1n) is 16.4. The van der Waals surface area contributed by atoms with Gasteiger partial charge in [0, 0.05) is 26.1 Å². The lowest BCUT2D eigenvalue weighted by molar-refractivity contribution is -0.142. The van der Waals surface area contributed by atoms with Crippen LogP contribution in [0.5, 0.6) is 0 Å². The second kappa shape index (κ2) is 15.9. The zero-order valence-electron chi connectivity index (χ0n) is 26.6. The Hall–Kier alpha value is -4.44. The Morgan fingerprint density at radius 3 is 2.11 bits per heavy atom. The van der Waals surface area contributed by atoms with Crippen LogP contribution in [0.15, 0.2) is 84.9 Å². The van der Waals surface area contributed by atoms with E-state index in [1.54, 1.807) is 29.2 Å². The van der Waals surface area contributed by atoms with Gasteiger partial charge < -0.3 is 15.5 Å². The Balaban J connectivity index is 1.25. The highest BCUT2D eigenvalue weighted by Crippen LogP contribution is 2.30. The molecule has 3 aromatic carbocycles. The molecule has 0 aliphatic carbocycles. The molecule has 9 nitrogen and oxygen atoms in total. The molecule has 47 heavy (non-hydrogen) atoms. The highest BCUT2D eigenvalue weighted by atomic mass is 32.1. The molecule has 5 amide bonds. The van der Waals surface area contributed by atoms with Crippen LogP contribution in [-0.2, 0) is 20.8 Å². The van der Waals surface area contributed by atoms with E-state index in [-0.39, 0.29) is 42.0 Å². The maximum atomic E-state index is 14.2. The third-order valence-electron chi connectivity index (χ3n) is 9.00. The Kier molecular flexibility index (Phi) is 11.5. The van der Waals surface area contributed by atoms with Gasteiger partial charge >= 0.3 is 0 Å². The van der Waals surface area contributed by atoms with Gasteiger partial charge in [-0.15, -0.1) is 0 Å². The van der Waals surface area contributed by atoms with Crippen LogP contribution in [0.2, 0.25) is 0 Å². The molecular formula is C37H42N4O5S. The Bertz CT molecular complexity index is 1550. The van der Waals surface area contributed by atoms with Crippen molar-refractivity contribution < 1.29 is 24.0 Å². The minimum atomic E-state index is -0.837. The van der Waals surface area contributed by atoms with Crippen molar-refractivity contribution in [2.75, 3.05) is 19.6 Å². The number of rotatable bonds is 13. The van der Waals surface area contributed by atoms with E-state index in [4.69, 9.17) is 0 Å². The number of carbonyl (C=O) groups excluding carboxylic acids is 5. The Morgan fingerprint density at radius 1 is 0.851 bits per heavy atom. The standard InChI is InChI=1S/C37H42N4O5S/c1-2-38-33(42)31(23-25-13-5-3-6-14-25)40-22-20-27(26-15-7-4-8-16-26)24-30(37(40)46)39-34(43)32(47)19-11-12-21-41-35(44)28-17-9-10-18-29(28)36(41)45/h3-10,13-18,27,30-32,47H,2,11-12,19-24H2,1H3,(H,38,42)(H,39,43). The third-order valence-corrected chi connectivity index (χ3v) is 9.49. The number of unbranched alkanes of at least 4 members (excludes halogenated alkanes) is 1. The number of nitrogens with zero attached hydrogens (tertiary/aromatic N) is 2. The number of likely N-dealkylation sites (N-methyl/N-ethyl adjacent to an activating group) is 1. The van der Waals surface area contributed by atoms with Crippen molar-refractivity contribution in [3.05, 3.63) is 107 Å². The molecule has 10 heteroatoms. The molecule has 4 atom stereocenters. The molecule has 0 saturated carbocycles. The van der Waals surface area contributed by atoms with Crippen LogP contribution in [0.3, 0.4) is 0 Å². The predicted octanol–water partition coefficient (Wildman–Crippen LogP) is 4.39. The lowest BCUT2D eigenvalue weighted by Gasteiger charge is -2.32. The lowest BCUT2D eigenvalue weighted by atomic mass is 9.90. The van der Waals surface area contributed by atoms with Crippen molar-refractivity contribution in [1.29, 1.82) is 0 Å².